The highest BCUT2D eigenvalue weighted by atomic mass is 35.5. The van der Waals surface area contributed by atoms with Crippen LogP contribution < -0.4 is 0 Å². The van der Waals surface area contributed by atoms with Crippen LogP contribution in [-0.2, 0) is 13.6 Å². The van der Waals surface area contributed by atoms with E-state index < -0.39 is 0 Å². The molecule has 1 fully saturated rings. The molecule has 118 valence electrons. The van der Waals surface area contributed by atoms with Gasteiger partial charge in [0.2, 0.25) is 0 Å². The first-order valence-electron chi connectivity index (χ1n) is 7.29. The first-order valence-corrected chi connectivity index (χ1v) is 8.55. The van der Waals surface area contributed by atoms with Gasteiger partial charge in [-0.25, -0.2) is 0 Å². The van der Waals surface area contributed by atoms with Crippen molar-refractivity contribution in [2.24, 2.45) is 7.05 Å². The number of carbonyl (C=O) groups excluding carboxylic acids is 1. The van der Waals surface area contributed by atoms with Gasteiger partial charge in [-0.1, -0.05) is 17.7 Å². The number of halogens is 1. The van der Waals surface area contributed by atoms with Crippen molar-refractivity contribution in [3.63, 3.8) is 0 Å². The molecule has 0 atom stereocenters. The molecule has 3 rings (SSSR count). The van der Waals surface area contributed by atoms with Crippen molar-refractivity contribution >= 4 is 28.8 Å². The predicted octanol–water partition coefficient (Wildman–Crippen LogP) is 2.40. The summed E-state index contributed by atoms with van der Waals surface area (Å²) in [7, 11) is 1.76. The van der Waals surface area contributed by atoms with Crippen LogP contribution in [0.3, 0.4) is 0 Å². The number of nitrogens with zero attached hydrogens (tertiary/aromatic N) is 4. The summed E-state index contributed by atoms with van der Waals surface area (Å²) in [6.45, 7) is 6.03. The Balaban J connectivity index is 1.62. The minimum Gasteiger partial charge on any atom is -0.336 e. The van der Waals surface area contributed by atoms with Gasteiger partial charge in [-0.15, -0.1) is 11.3 Å². The van der Waals surface area contributed by atoms with Gasteiger partial charge in [0.1, 0.15) is 5.15 Å². The second-order valence-electron chi connectivity index (χ2n) is 5.52. The Hall–Kier alpha value is -1.37. The van der Waals surface area contributed by atoms with Crippen molar-refractivity contribution in [3.05, 3.63) is 38.8 Å². The SMILES string of the molecule is Cc1nn(C)c(Cl)c1C(=O)N1CCN(Cc2cccs2)CC1. The van der Waals surface area contributed by atoms with Gasteiger partial charge in [-0.2, -0.15) is 5.10 Å². The number of aryl methyl sites for hydroxylation is 2. The van der Waals surface area contributed by atoms with Crippen molar-refractivity contribution in [1.82, 2.24) is 19.6 Å². The maximum absolute atomic E-state index is 12.7. The van der Waals surface area contributed by atoms with Gasteiger partial charge in [-0.3, -0.25) is 14.4 Å². The van der Waals surface area contributed by atoms with E-state index in [1.807, 2.05) is 11.8 Å². The normalized spacial score (nSPS) is 16.2. The van der Waals surface area contributed by atoms with Gasteiger partial charge in [0.15, 0.2) is 0 Å². The number of rotatable bonds is 3. The summed E-state index contributed by atoms with van der Waals surface area (Å²) in [5.41, 5.74) is 1.23. The Morgan fingerprint density at radius 3 is 2.64 bits per heavy atom. The summed E-state index contributed by atoms with van der Waals surface area (Å²) in [6.07, 6.45) is 0. The van der Waals surface area contributed by atoms with Crippen molar-refractivity contribution < 1.29 is 4.79 Å². The molecule has 0 aliphatic carbocycles. The second-order valence-corrected chi connectivity index (χ2v) is 6.91. The van der Waals surface area contributed by atoms with Crippen LogP contribution in [0.25, 0.3) is 0 Å². The lowest BCUT2D eigenvalue weighted by molar-refractivity contribution is 0.0629. The molecule has 1 aliphatic heterocycles. The number of thiophene rings is 1. The molecule has 2 aromatic rings. The predicted molar refractivity (Wildman–Crippen MR) is 88.5 cm³/mol. The molecule has 3 heterocycles. The lowest BCUT2D eigenvalue weighted by Crippen LogP contribution is -2.48. The Kier molecular flexibility index (Phi) is 4.52. The number of aromatic nitrogens is 2. The number of hydrogen-bond donors (Lipinski definition) is 0. The number of carbonyl (C=O) groups is 1. The molecule has 0 N–H and O–H groups in total. The zero-order valence-electron chi connectivity index (χ0n) is 12.8. The first-order chi connectivity index (χ1) is 10.6. The molecular formula is C15H19ClN4OS. The van der Waals surface area contributed by atoms with Crippen molar-refractivity contribution in [1.29, 1.82) is 0 Å². The molecule has 0 bridgehead atoms. The number of amides is 1. The molecule has 5 nitrogen and oxygen atoms in total. The Labute approximate surface area is 139 Å². The lowest BCUT2D eigenvalue weighted by Gasteiger charge is -2.34. The molecule has 1 saturated heterocycles. The van der Waals surface area contributed by atoms with Crippen molar-refractivity contribution in [2.45, 2.75) is 13.5 Å². The van der Waals surface area contributed by atoms with Gasteiger partial charge in [0.05, 0.1) is 11.3 Å². The highest BCUT2D eigenvalue weighted by molar-refractivity contribution is 7.09. The van der Waals surface area contributed by atoms with E-state index >= 15 is 0 Å². The van der Waals surface area contributed by atoms with E-state index in [9.17, 15) is 4.79 Å². The van der Waals surface area contributed by atoms with Gasteiger partial charge < -0.3 is 4.90 Å². The maximum Gasteiger partial charge on any atom is 0.258 e. The third-order valence-electron chi connectivity index (χ3n) is 3.99. The summed E-state index contributed by atoms with van der Waals surface area (Å²) < 4.78 is 1.55. The lowest BCUT2D eigenvalue weighted by atomic mass is 10.2. The summed E-state index contributed by atoms with van der Waals surface area (Å²) in [5, 5.41) is 6.74. The van der Waals surface area contributed by atoms with Gasteiger partial charge in [-0.05, 0) is 18.4 Å². The number of piperazine rings is 1. The summed E-state index contributed by atoms with van der Waals surface area (Å²) in [4.78, 5) is 18.3. The largest absolute Gasteiger partial charge is 0.336 e. The van der Waals surface area contributed by atoms with Crippen LogP contribution >= 0.6 is 22.9 Å². The quantitative estimate of drug-likeness (QED) is 0.863. The summed E-state index contributed by atoms with van der Waals surface area (Å²) in [5.74, 6) is -0.00799. The minimum atomic E-state index is -0.00799. The number of hydrogen-bond acceptors (Lipinski definition) is 4. The Morgan fingerprint density at radius 2 is 2.09 bits per heavy atom. The Bertz CT molecular complexity index is 659. The molecule has 1 aliphatic rings. The Morgan fingerprint density at radius 1 is 1.36 bits per heavy atom. The van der Waals surface area contributed by atoms with Crippen molar-refractivity contribution in [3.8, 4) is 0 Å². The van der Waals surface area contributed by atoms with Crippen LogP contribution in [0.2, 0.25) is 5.15 Å². The molecular weight excluding hydrogens is 320 g/mol. The van der Waals surface area contributed by atoms with E-state index in [4.69, 9.17) is 11.6 Å². The van der Waals surface area contributed by atoms with E-state index in [0.717, 1.165) is 32.7 Å². The zero-order chi connectivity index (χ0) is 15.7. The highest BCUT2D eigenvalue weighted by Crippen LogP contribution is 2.21. The second kappa shape index (κ2) is 6.40. The van der Waals surface area contributed by atoms with E-state index in [1.54, 1.807) is 23.1 Å². The fourth-order valence-electron chi connectivity index (χ4n) is 2.76. The average Bonchev–Trinajstić information content (AvgIpc) is 3.08. The molecule has 7 heteroatoms. The molecule has 0 radical (unpaired) electrons. The zero-order valence-corrected chi connectivity index (χ0v) is 14.3. The van der Waals surface area contributed by atoms with Gasteiger partial charge in [0.25, 0.3) is 5.91 Å². The highest BCUT2D eigenvalue weighted by Gasteiger charge is 2.27. The molecule has 0 spiro atoms. The van der Waals surface area contributed by atoms with Crippen LogP contribution in [0.4, 0.5) is 0 Å². The van der Waals surface area contributed by atoms with Crippen LogP contribution in [0.5, 0.6) is 0 Å². The molecule has 0 aromatic carbocycles. The standard InChI is InChI=1S/C15H19ClN4OS/c1-11-13(14(16)18(2)17-11)15(21)20-7-5-19(6-8-20)10-12-4-3-9-22-12/h3-4,9H,5-8,10H2,1-2H3. The minimum absolute atomic E-state index is 0.00799. The fourth-order valence-corrected chi connectivity index (χ4v) is 3.76. The summed E-state index contributed by atoms with van der Waals surface area (Å²) >= 11 is 7.97. The topological polar surface area (TPSA) is 41.4 Å². The third-order valence-corrected chi connectivity index (χ3v) is 5.28. The smallest absolute Gasteiger partial charge is 0.258 e. The van der Waals surface area contributed by atoms with Crippen LogP contribution in [0.1, 0.15) is 20.9 Å². The maximum atomic E-state index is 12.7. The van der Waals surface area contributed by atoms with Crippen LogP contribution in [0.15, 0.2) is 17.5 Å². The monoisotopic (exact) mass is 338 g/mol. The van der Waals surface area contributed by atoms with Gasteiger partial charge >= 0.3 is 0 Å². The third kappa shape index (κ3) is 3.04. The van der Waals surface area contributed by atoms with E-state index in [0.29, 0.717) is 16.4 Å². The summed E-state index contributed by atoms with van der Waals surface area (Å²) in [6, 6.07) is 4.23. The van der Waals surface area contributed by atoms with Crippen LogP contribution in [0, 0.1) is 6.92 Å². The molecule has 2 aromatic heterocycles. The van der Waals surface area contributed by atoms with Gasteiger partial charge in [0, 0.05) is 44.6 Å². The fraction of sp³-hybridized carbons (Fsp3) is 0.467. The van der Waals surface area contributed by atoms with Crippen LogP contribution in [-0.4, -0.2) is 51.7 Å². The van der Waals surface area contributed by atoms with E-state index in [1.165, 1.54) is 4.88 Å². The average molecular weight is 339 g/mol. The molecule has 22 heavy (non-hydrogen) atoms. The first kappa shape index (κ1) is 15.5. The molecule has 0 saturated carbocycles. The van der Waals surface area contributed by atoms with E-state index in [2.05, 4.69) is 27.5 Å². The molecule has 1 amide bonds. The van der Waals surface area contributed by atoms with Crippen molar-refractivity contribution in [2.75, 3.05) is 26.2 Å². The van der Waals surface area contributed by atoms with E-state index in [-0.39, 0.29) is 5.91 Å². The molecule has 0 unspecified atom stereocenters.